The number of phosphoric ester groups is 1. The SMILES string of the molecule is C[C@]12CC[C@@H]3c4ccc(OP(=O)(O)O)cc4CC[C@H]3[C@@H]1CC(F)(F)C2=O. The molecule has 3 aliphatic rings. The number of hydrogen-bond acceptors (Lipinski definition) is 3. The molecule has 0 amide bonds. The van der Waals surface area contributed by atoms with Crippen LogP contribution in [-0.2, 0) is 15.8 Å². The second-order valence-corrected chi connectivity index (χ2v) is 9.22. The first-order valence-electron chi connectivity index (χ1n) is 8.82. The number of Topliss-reactive ketones (excluding diaryl/α,β-unsaturated/α-hetero) is 1. The van der Waals surface area contributed by atoms with E-state index >= 15 is 0 Å². The number of carbonyl (C=O) groups is 1. The lowest BCUT2D eigenvalue weighted by Gasteiger charge is -2.47. The van der Waals surface area contributed by atoms with Gasteiger partial charge in [-0.3, -0.25) is 14.6 Å². The lowest BCUT2D eigenvalue weighted by atomic mass is 9.55. The molecule has 2 N–H and O–H groups in total. The molecule has 0 radical (unpaired) electrons. The molecule has 2 saturated carbocycles. The zero-order valence-corrected chi connectivity index (χ0v) is 15.2. The normalized spacial score (nSPS) is 35.4. The Morgan fingerprint density at radius 3 is 2.69 bits per heavy atom. The number of ketones is 1. The Bertz CT molecular complexity index is 820. The van der Waals surface area contributed by atoms with E-state index in [0.29, 0.717) is 25.7 Å². The third kappa shape index (κ3) is 2.72. The van der Waals surface area contributed by atoms with Gasteiger partial charge in [-0.05, 0) is 66.7 Å². The Kier molecular flexibility index (Phi) is 3.89. The van der Waals surface area contributed by atoms with Gasteiger partial charge >= 0.3 is 13.7 Å². The zero-order chi connectivity index (χ0) is 18.9. The molecule has 0 heterocycles. The monoisotopic (exact) mass is 386 g/mol. The molecular weight excluding hydrogens is 365 g/mol. The van der Waals surface area contributed by atoms with Crippen molar-refractivity contribution in [2.24, 2.45) is 17.3 Å². The lowest BCUT2D eigenvalue weighted by molar-refractivity contribution is -0.146. The third-order valence-electron chi connectivity index (χ3n) is 6.64. The highest BCUT2D eigenvalue weighted by Crippen LogP contribution is 2.62. The largest absolute Gasteiger partial charge is 0.524 e. The molecule has 142 valence electrons. The standard InChI is InChI=1S/C18H21F2O5P/c1-17-7-6-13-12-5-3-11(25-26(22,23)24)8-10(12)2-4-14(13)15(17)9-18(19,20)16(17)21/h3,5,8,13-15H,2,4,6-7,9H2,1H3,(H2,22,23,24)/t13-,14-,15+,17+/m1/s1. The van der Waals surface area contributed by atoms with Crippen molar-refractivity contribution in [3.63, 3.8) is 0 Å². The maximum absolute atomic E-state index is 14.1. The van der Waals surface area contributed by atoms with E-state index in [2.05, 4.69) is 4.52 Å². The summed E-state index contributed by atoms with van der Waals surface area (Å²) in [6.45, 7) is 1.70. The Hall–Kier alpha value is -1.30. The smallest absolute Gasteiger partial charge is 0.404 e. The van der Waals surface area contributed by atoms with Crippen molar-refractivity contribution >= 4 is 13.6 Å². The van der Waals surface area contributed by atoms with Gasteiger partial charge in [0.05, 0.1) is 0 Å². The van der Waals surface area contributed by atoms with Crippen LogP contribution >= 0.6 is 7.82 Å². The van der Waals surface area contributed by atoms with Gasteiger partial charge < -0.3 is 4.52 Å². The van der Waals surface area contributed by atoms with E-state index in [1.54, 1.807) is 19.1 Å². The topological polar surface area (TPSA) is 83.8 Å². The molecule has 2 fully saturated rings. The van der Waals surface area contributed by atoms with Crippen LogP contribution in [0.4, 0.5) is 8.78 Å². The molecule has 4 atom stereocenters. The van der Waals surface area contributed by atoms with Crippen LogP contribution in [0, 0.1) is 17.3 Å². The maximum atomic E-state index is 14.1. The predicted octanol–water partition coefficient (Wildman–Crippen LogP) is 3.83. The van der Waals surface area contributed by atoms with Gasteiger partial charge in [0.2, 0.25) is 5.78 Å². The highest BCUT2D eigenvalue weighted by molar-refractivity contribution is 7.46. The first-order valence-corrected chi connectivity index (χ1v) is 10.3. The fourth-order valence-corrected chi connectivity index (χ4v) is 5.91. The summed E-state index contributed by atoms with van der Waals surface area (Å²) >= 11 is 0. The van der Waals surface area contributed by atoms with Crippen molar-refractivity contribution in [1.29, 1.82) is 0 Å². The van der Waals surface area contributed by atoms with E-state index in [0.717, 1.165) is 11.1 Å². The van der Waals surface area contributed by atoms with E-state index in [-0.39, 0.29) is 29.9 Å². The average Bonchev–Trinajstić information content (AvgIpc) is 2.72. The number of fused-ring (bicyclic) bond motifs is 5. The Balaban J connectivity index is 1.65. The molecule has 0 bridgehead atoms. The predicted molar refractivity (Wildman–Crippen MR) is 89.1 cm³/mol. The molecule has 4 rings (SSSR count). The summed E-state index contributed by atoms with van der Waals surface area (Å²) in [5.74, 6) is -4.20. The van der Waals surface area contributed by atoms with Gasteiger partial charge in [0.1, 0.15) is 5.75 Å². The van der Waals surface area contributed by atoms with E-state index in [4.69, 9.17) is 9.79 Å². The van der Waals surface area contributed by atoms with E-state index in [9.17, 15) is 18.1 Å². The van der Waals surface area contributed by atoms with Gasteiger partial charge in [-0.15, -0.1) is 0 Å². The second-order valence-electron chi connectivity index (χ2n) is 8.05. The molecule has 3 aliphatic carbocycles. The molecule has 8 heteroatoms. The van der Waals surface area contributed by atoms with E-state index < -0.39 is 24.9 Å². The number of aryl methyl sites for hydroxylation is 1. The fourth-order valence-electron chi connectivity index (χ4n) is 5.52. The molecule has 0 spiro atoms. The van der Waals surface area contributed by atoms with Gasteiger partial charge in [-0.1, -0.05) is 13.0 Å². The highest BCUT2D eigenvalue weighted by Gasteiger charge is 2.65. The molecule has 0 saturated heterocycles. The molecule has 1 aromatic rings. The molecular formula is C18H21F2O5P. The minimum atomic E-state index is -4.62. The summed E-state index contributed by atoms with van der Waals surface area (Å²) in [6.07, 6.45) is 2.08. The van der Waals surface area contributed by atoms with Crippen LogP contribution in [0.3, 0.4) is 0 Å². The minimum absolute atomic E-state index is 0.0344. The van der Waals surface area contributed by atoms with Crippen LogP contribution in [0.5, 0.6) is 5.75 Å². The number of halogens is 2. The van der Waals surface area contributed by atoms with Crippen molar-refractivity contribution in [3.05, 3.63) is 29.3 Å². The minimum Gasteiger partial charge on any atom is -0.404 e. The number of benzene rings is 1. The average molecular weight is 386 g/mol. The van der Waals surface area contributed by atoms with Crippen LogP contribution in [0.25, 0.3) is 0 Å². The molecule has 5 nitrogen and oxygen atoms in total. The Morgan fingerprint density at radius 1 is 1.27 bits per heavy atom. The van der Waals surface area contributed by atoms with Crippen LogP contribution in [-0.4, -0.2) is 21.5 Å². The van der Waals surface area contributed by atoms with E-state index in [1.807, 2.05) is 0 Å². The van der Waals surface area contributed by atoms with Crippen molar-refractivity contribution < 1.29 is 32.5 Å². The van der Waals surface area contributed by atoms with Crippen LogP contribution in [0.15, 0.2) is 18.2 Å². The van der Waals surface area contributed by atoms with Crippen LogP contribution in [0.2, 0.25) is 0 Å². The number of phosphoric acid groups is 1. The summed E-state index contributed by atoms with van der Waals surface area (Å²) in [4.78, 5) is 30.1. The van der Waals surface area contributed by atoms with Gasteiger partial charge in [0.15, 0.2) is 0 Å². The van der Waals surface area contributed by atoms with Crippen LogP contribution < -0.4 is 4.52 Å². The molecule has 0 aromatic heterocycles. The summed E-state index contributed by atoms with van der Waals surface area (Å²) in [5, 5.41) is 0. The van der Waals surface area contributed by atoms with Crippen LogP contribution in [0.1, 0.15) is 49.7 Å². The maximum Gasteiger partial charge on any atom is 0.524 e. The first kappa shape index (κ1) is 18.1. The quantitative estimate of drug-likeness (QED) is 0.755. The number of rotatable bonds is 2. The second kappa shape index (κ2) is 5.60. The number of alkyl halides is 2. The molecule has 26 heavy (non-hydrogen) atoms. The van der Waals surface area contributed by atoms with Crippen molar-refractivity contribution in [3.8, 4) is 5.75 Å². The number of hydrogen-bond donors (Lipinski definition) is 2. The van der Waals surface area contributed by atoms with Gasteiger partial charge in [-0.25, -0.2) is 4.57 Å². The molecule has 0 aliphatic heterocycles. The summed E-state index contributed by atoms with van der Waals surface area (Å²) in [5.41, 5.74) is 1.03. The Labute approximate surface area is 150 Å². The van der Waals surface area contributed by atoms with Crippen molar-refractivity contribution in [2.45, 2.75) is 50.9 Å². The van der Waals surface area contributed by atoms with Crippen molar-refractivity contribution in [1.82, 2.24) is 0 Å². The first-order chi connectivity index (χ1) is 12.0. The summed E-state index contributed by atoms with van der Waals surface area (Å²) in [7, 11) is -4.62. The van der Waals surface area contributed by atoms with E-state index in [1.165, 1.54) is 6.07 Å². The fraction of sp³-hybridized carbons (Fsp3) is 0.611. The van der Waals surface area contributed by atoms with Gasteiger partial charge in [0, 0.05) is 11.8 Å². The summed E-state index contributed by atoms with van der Waals surface area (Å²) < 4.78 is 43.9. The Morgan fingerprint density at radius 2 is 2.00 bits per heavy atom. The molecule has 0 unspecified atom stereocenters. The van der Waals surface area contributed by atoms with Crippen molar-refractivity contribution in [2.75, 3.05) is 0 Å². The molecule has 1 aromatic carbocycles. The zero-order valence-electron chi connectivity index (χ0n) is 14.3. The van der Waals surface area contributed by atoms with Gasteiger partial charge in [0.25, 0.3) is 0 Å². The van der Waals surface area contributed by atoms with Gasteiger partial charge in [-0.2, -0.15) is 8.78 Å². The summed E-state index contributed by atoms with van der Waals surface area (Å²) in [6, 6.07) is 4.93. The lowest BCUT2D eigenvalue weighted by Crippen LogP contribution is -2.43. The third-order valence-corrected chi connectivity index (χ3v) is 7.09. The highest BCUT2D eigenvalue weighted by atomic mass is 31.2. The number of carbonyl (C=O) groups excluding carboxylic acids is 1.